The summed E-state index contributed by atoms with van der Waals surface area (Å²) in [6.07, 6.45) is 3.15. The molecule has 212 valence electrons. The molecule has 0 saturated carbocycles. The van der Waals surface area contributed by atoms with Crippen LogP contribution >= 0.6 is 0 Å². The number of pyridine rings is 1. The number of hydrogen-bond acceptors (Lipinski definition) is 7. The Labute approximate surface area is 237 Å². The summed E-state index contributed by atoms with van der Waals surface area (Å²) >= 11 is 0. The number of nitriles is 1. The predicted molar refractivity (Wildman–Crippen MR) is 150 cm³/mol. The minimum Gasteiger partial charge on any atom is -0.478 e. The molecule has 10 heteroatoms. The number of hydrogen-bond donors (Lipinski definition) is 1. The zero-order valence-electron chi connectivity index (χ0n) is 22.9. The number of ether oxygens (including phenoxy) is 2. The van der Waals surface area contributed by atoms with Crippen LogP contribution in [0.5, 0.6) is 5.88 Å². The van der Waals surface area contributed by atoms with Crippen molar-refractivity contribution >= 4 is 17.0 Å². The lowest BCUT2D eigenvalue weighted by molar-refractivity contribution is 0.0367. The lowest BCUT2D eigenvalue weighted by atomic mass is 9.93. The van der Waals surface area contributed by atoms with E-state index in [1.165, 1.54) is 12.5 Å². The fourth-order valence-electron chi connectivity index (χ4n) is 4.87. The van der Waals surface area contributed by atoms with Crippen molar-refractivity contribution in [1.29, 1.82) is 5.26 Å². The van der Waals surface area contributed by atoms with Gasteiger partial charge in [-0.3, -0.25) is 4.90 Å². The fraction of sp³-hybridized carbons (Fsp3) is 0.355. The maximum Gasteiger partial charge on any atom is 0.335 e. The van der Waals surface area contributed by atoms with E-state index >= 15 is 0 Å². The van der Waals surface area contributed by atoms with Crippen molar-refractivity contribution in [3.63, 3.8) is 0 Å². The second-order valence-corrected chi connectivity index (χ2v) is 10.2. The average Bonchev–Trinajstić information content (AvgIpc) is 3.26. The van der Waals surface area contributed by atoms with Gasteiger partial charge < -0.3 is 19.1 Å². The highest BCUT2D eigenvalue weighted by molar-refractivity contribution is 5.92. The first-order valence-corrected chi connectivity index (χ1v) is 13.7. The normalized spacial score (nSPS) is 15.4. The topological polar surface area (TPSA) is 114 Å². The number of likely N-dealkylation sites (tertiary alicyclic amines) is 1. The summed E-state index contributed by atoms with van der Waals surface area (Å²) in [6.45, 7) is 4.50. The number of aromatic nitrogens is 3. The van der Waals surface area contributed by atoms with Crippen LogP contribution in [0.15, 0.2) is 54.6 Å². The minimum absolute atomic E-state index is 0.0401. The van der Waals surface area contributed by atoms with Crippen LogP contribution < -0.4 is 4.74 Å². The molecule has 6 rings (SSSR count). The zero-order valence-corrected chi connectivity index (χ0v) is 22.9. The van der Waals surface area contributed by atoms with Gasteiger partial charge in [0, 0.05) is 43.5 Å². The maximum atomic E-state index is 14.2. The molecule has 0 unspecified atom stereocenters. The average molecular weight is 558 g/mol. The Kier molecular flexibility index (Phi) is 8.87. The van der Waals surface area contributed by atoms with E-state index in [4.69, 9.17) is 19.7 Å². The van der Waals surface area contributed by atoms with Crippen molar-refractivity contribution in [1.82, 2.24) is 19.4 Å². The van der Waals surface area contributed by atoms with Crippen molar-refractivity contribution in [3.8, 4) is 11.9 Å². The van der Waals surface area contributed by atoms with Crippen molar-refractivity contribution < 1.29 is 23.8 Å². The minimum atomic E-state index is -0.948. The van der Waals surface area contributed by atoms with Gasteiger partial charge in [-0.15, -0.1) is 0 Å². The van der Waals surface area contributed by atoms with E-state index in [1.807, 2.05) is 29.8 Å². The Morgan fingerprint density at radius 2 is 1.90 bits per heavy atom. The molecule has 4 heterocycles. The van der Waals surface area contributed by atoms with E-state index in [9.17, 15) is 14.3 Å². The third-order valence-electron chi connectivity index (χ3n) is 7.47. The Hall–Kier alpha value is -4.33. The number of carboxylic acid groups (broad SMARTS) is 1. The molecule has 2 aromatic carbocycles. The van der Waals surface area contributed by atoms with E-state index in [-0.39, 0.29) is 17.7 Å². The summed E-state index contributed by atoms with van der Waals surface area (Å²) in [4.78, 5) is 23.0. The SMILES string of the molecule is C1COC1.Cn1c(CN2CCC(c3cccc(OCc4ccc(C#N)cc4F)n3)CC2)nc2ccc(C(=O)O)cc21. The molecule has 0 spiro atoms. The largest absolute Gasteiger partial charge is 0.478 e. The molecule has 2 aliphatic heterocycles. The van der Waals surface area contributed by atoms with Crippen LogP contribution in [-0.4, -0.2) is 56.8 Å². The quantitative estimate of drug-likeness (QED) is 0.336. The number of benzene rings is 2. The van der Waals surface area contributed by atoms with Gasteiger partial charge in [-0.05, 0) is 68.8 Å². The number of carboxylic acids is 1. The second-order valence-electron chi connectivity index (χ2n) is 10.2. The van der Waals surface area contributed by atoms with E-state index in [1.54, 1.807) is 36.4 Å². The molecule has 0 radical (unpaired) electrons. The zero-order chi connectivity index (χ0) is 28.8. The smallest absolute Gasteiger partial charge is 0.335 e. The second kappa shape index (κ2) is 12.9. The number of nitrogens with zero attached hydrogens (tertiary/aromatic N) is 5. The van der Waals surface area contributed by atoms with E-state index in [0.717, 1.165) is 61.7 Å². The number of rotatable bonds is 7. The molecule has 2 fully saturated rings. The molecule has 1 N–H and O–H groups in total. The Bertz CT molecular complexity index is 1560. The van der Waals surface area contributed by atoms with Gasteiger partial charge in [-0.2, -0.15) is 5.26 Å². The first kappa shape index (κ1) is 28.2. The van der Waals surface area contributed by atoms with Crippen LogP contribution in [0.1, 0.15) is 58.2 Å². The summed E-state index contributed by atoms with van der Waals surface area (Å²) < 4.78 is 26.6. The van der Waals surface area contributed by atoms with Gasteiger partial charge in [0.05, 0.1) is 34.8 Å². The predicted octanol–water partition coefficient (Wildman–Crippen LogP) is 5.04. The maximum absolute atomic E-state index is 14.2. The van der Waals surface area contributed by atoms with Crippen LogP contribution in [0, 0.1) is 17.1 Å². The molecular weight excluding hydrogens is 525 g/mol. The number of fused-ring (bicyclic) bond motifs is 1. The first-order valence-electron chi connectivity index (χ1n) is 13.7. The van der Waals surface area contributed by atoms with Crippen molar-refractivity contribution in [2.24, 2.45) is 7.05 Å². The molecule has 0 bridgehead atoms. The molecule has 2 saturated heterocycles. The standard InChI is InChI=1S/C28H26FN5O3.C3H6O/c1-33-25-14-20(28(35)36)7-8-24(25)31-26(33)16-34-11-9-19(10-12-34)23-3-2-4-27(32-23)37-17-21-6-5-18(15-30)13-22(21)29;1-2-4-3-1/h2-8,13-14,19H,9-12,16-17H2,1H3,(H,35,36);1-3H2. The van der Waals surface area contributed by atoms with Crippen molar-refractivity contribution in [3.05, 3.63) is 88.6 Å². The Morgan fingerprint density at radius 3 is 2.56 bits per heavy atom. The summed E-state index contributed by atoms with van der Waals surface area (Å²) in [5.41, 5.74) is 3.47. The number of aryl methyl sites for hydroxylation is 1. The van der Waals surface area contributed by atoms with Crippen LogP contribution in [0.3, 0.4) is 0 Å². The number of imidazole rings is 1. The van der Waals surface area contributed by atoms with Gasteiger partial charge in [-0.1, -0.05) is 12.1 Å². The van der Waals surface area contributed by atoms with Gasteiger partial charge in [-0.25, -0.2) is 19.2 Å². The monoisotopic (exact) mass is 557 g/mol. The van der Waals surface area contributed by atoms with Gasteiger partial charge in [0.15, 0.2) is 0 Å². The summed E-state index contributed by atoms with van der Waals surface area (Å²) in [5, 5.41) is 18.2. The molecule has 0 amide bonds. The first-order chi connectivity index (χ1) is 19.9. The van der Waals surface area contributed by atoms with Crippen LogP contribution in [0.4, 0.5) is 4.39 Å². The van der Waals surface area contributed by atoms with Gasteiger partial charge >= 0.3 is 5.97 Å². The lowest BCUT2D eigenvalue weighted by Crippen LogP contribution is -2.33. The molecule has 2 aliphatic rings. The molecule has 2 aromatic heterocycles. The van der Waals surface area contributed by atoms with Crippen molar-refractivity contribution in [2.75, 3.05) is 26.3 Å². The summed E-state index contributed by atoms with van der Waals surface area (Å²) in [5.74, 6) is 0.232. The third-order valence-corrected chi connectivity index (χ3v) is 7.47. The van der Waals surface area contributed by atoms with Crippen LogP contribution in [0.25, 0.3) is 11.0 Å². The fourth-order valence-corrected chi connectivity index (χ4v) is 4.87. The third kappa shape index (κ3) is 6.88. The van der Waals surface area contributed by atoms with Gasteiger partial charge in [0.2, 0.25) is 5.88 Å². The Morgan fingerprint density at radius 1 is 1.15 bits per heavy atom. The molecule has 0 aliphatic carbocycles. The molecule has 0 atom stereocenters. The molecule has 41 heavy (non-hydrogen) atoms. The molecule has 4 aromatic rings. The van der Waals surface area contributed by atoms with Gasteiger partial charge in [0.1, 0.15) is 18.2 Å². The summed E-state index contributed by atoms with van der Waals surface area (Å²) in [7, 11) is 1.92. The van der Waals surface area contributed by atoms with Crippen LogP contribution in [-0.2, 0) is 24.9 Å². The highest BCUT2D eigenvalue weighted by Gasteiger charge is 2.23. The summed E-state index contributed by atoms with van der Waals surface area (Å²) in [6, 6.07) is 16.9. The van der Waals surface area contributed by atoms with Gasteiger partial charge in [0.25, 0.3) is 0 Å². The highest BCUT2D eigenvalue weighted by atomic mass is 19.1. The Balaban J connectivity index is 0.000000777. The number of carbonyl (C=O) groups is 1. The van der Waals surface area contributed by atoms with Crippen LogP contribution in [0.2, 0.25) is 0 Å². The number of aromatic carboxylic acids is 1. The van der Waals surface area contributed by atoms with E-state index < -0.39 is 11.8 Å². The van der Waals surface area contributed by atoms with E-state index in [0.29, 0.717) is 23.9 Å². The highest BCUT2D eigenvalue weighted by Crippen LogP contribution is 2.29. The van der Waals surface area contributed by atoms with Crippen molar-refractivity contribution in [2.45, 2.75) is 38.3 Å². The lowest BCUT2D eigenvalue weighted by Gasteiger charge is -2.31. The number of piperidine rings is 1. The van der Waals surface area contributed by atoms with E-state index in [2.05, 4.69) is 9.88 Å². The number of halogens is 1. The molecular formula is C31H32FN5O4. The molecule has 9 nitrogen and oxygen atoms in total.